The molecule has 0 aliphatic carbocycles. The lowest BCUT2D eigenvalue weighted by Crippen LogP contribution is -2.43. The first kappa shape index (κ1) is 16.8. The van der Waals surface area contributed by atoms with Crippen LogP contribution in [-0.2, 0) is 0 Å². The number of halogens is 1. The van der Waals surface area contributed by atoms with Crippen molar-refractivity contribution in [2.75, 3.05) is 19.6 Å². The van der Waals surface area contributed by atoms with Gasteiger partial charge in [0.2, 0.25) is 0 Å². The molecule has 3 heteroatoms. The summed E-state index contributed by atoms with van der Waals surface area (Å²) in [5, 5.41) is 4.43. The van der Waals surface area contributed by atoms with Crippen molar-refractivity contribution in [2.24, 2.45) is 5.92 Å². The third-order valence-electron chi connectivity index (χ3n) is 4.93. The van der Waals surface area contributed by atoms with Crippen LogP contribution in [0.1, 0.15) is 51.6 Å². The summed E-state index contributed by atoms with van der Waals surface area (Å²) in [6.45, 7) is 10.4. The standard InChI is InChI=1S/C18H29ClN2/c1-4-20-18(16-7-9-17(19)10-8-16)11-13-21-12-5-6-14(2)15(21)3/h7-10,14-15,18,20H,4-6,11-13H2,1-3H3. The Labute approximate surface area is 134 Å². The zero-order valence-corrected chi connectivity index (χ0v) is 14.4. The first-order valence-electron chi connectivity index (χ1n) is 8.34. The molecule has 3 unspecified atom stereocenters. The Balaban J connectivity index is 1.95. The molecule has 1 aliphatic rings. The first-order chi connectivity index (χ1) is 10.1. The van der Waals surface area contributed by atoms with E-state index in [0.717, 1.165) is 23.9 Å². The number of benzene rings is 1. The molecule has 0 amide bonds. The second kappa shape index (κ2) is 8.17. The Morgan fingerprint density at radius 2 is 2.00 bits per heavy atom. The summed E-state index contributed by atoms with van der Waals surface area (Å²) in [7, 11) is 0. The smallest absolute Gasteiger partial charge is 0.0406 e. The molecule has 1 fully saturated rings. The maximum absolute atomic E-state index is 6.00. The van der Waals surface area contributed by atoms with E-state index in [1.807, 2.05) is 12.1 Å². The lowest BCUT2D eigenvalue weighted by Gasteiger charge is -2.38. The molecule has 1 heterocycles. The highest BCUT2D eigenvalue weighted by Crippen LogP contribution is 2.25. The van der Waals surface area contributed by atoms with Gasteiger partial charge in [-0.15, -0.1) is 0 Å². The van der Waals surface area contributed by atoms with Crippen molar-refractivity contribution in [1.82, 2.24) is 10.2 Å². The quantitative estimate of drug-likeness (QED) is 0.832. The molecule has 3 atom stereocenters. The van der Waals surface area contributed by atoms with E-state index in [4.69, 9.17) is 11.6 Å². The van der Waals surface area contributed by atoms with E-state index in [1.54, 1.807) is 0 Å². The van der Waals surface area contributed by atoms with Gasteiger partial charge in [0.05, 0.1) is 0 Å². The Hall–Kier alpha value is -0.570. The number of piperidine rings is 1. The topological polar surface area (TPSA) is 15.3 Å². The molecule has 1 aromatic carbocycles. The van der Waals surface area contributed by atoms with Crippen molar-refractivity contribution in [3.8, 4) is 0 Å². The third kappa shape index (κ3) is 4.70. The molecule has 21 heavy (non-hydrogen) atoms. The molecule has 1 aliphatic heterocycles. The van der Waals surface area contributed by atoms with Gasteiger partial charge in [0, 0.05) is 23.7 Å². The number of hydrogen-bond acceptors (Lipinski definition) is 2. The van der Waals surface area contributed by atoms with Crippen LogP contribution >= 0.6 is 11.6 Å². The van der Waals surface area contributed by atoms with Gasteiger partial charge in [-0.1, -0.05) is 37.6 Å². The zero-order valence-electron chi connectivity index (χ0n) is 13.6. The van der Waals surface area contributed by atoms with Gasteiger partial charge in [-0.2, -0.15) is 0 Å². The molecule has 0 aromatic heterocycles. The van der Waals surface area contributed by atoms with Crippen LogP contribution in [0.25, 0.3) is 0 Å². The minimum absolute atomic E-state index is 0.427. The molecule has 2 rings (SSSR count). The Morgan fingerprint density at radius 1 is 1.29 bits per heavy atom. The maximum Gasteiger partial charge on any atom is 0.0406 e. The minimum atomic E-state index is 0.427. The van der Waals surface area contributed by atoms with Crippen molar-refractivity contribution >= 4 is 11.6 Å². The molecule has 0 bridgehead atoms. The van der Waals surface area contributed by atoms with E-state index in [1.165, 1.54) is 31.5 Å². The summed E-state index contributed by atoms with van der Waals surface area (Å²) in [4.78, 5) is 2.66. The molecule has 0 spiro atoms. The van der Waals surface area contributed by atoms with Crippen molar-refractivity contribution in [3.63, 3.8) is 0 Å². The van der Waals surface area contributed by atoms with Gasteiger partial charge in [-0.3, -0.25) is 0 Å². The number of rotatable bonds is 6. The van der Waals surface area contributed by atoms with E-state index < -0.39 is 0 Å². The first-order valence-corrected chi connectivity index (χ1v) is 8.72. The van der Waals surface area contributed by atoms with Crippen LogP contribution in [-0.4, -0.2) is 30.6 Å². The van der Waals surface area contributed by atoms with Crippen LogP contribution in [0, 0.1) is 5.92 Å². The van der Waals surface area contributed by atoms with Crippen LogP contribution in [0.4, 0.5) is 0 Å². The molecule has 1 N–H and O–H groups in total. The average molecular weight is 309 g/mol. The van der Waals surface area contributed by atoms with Gasteiger partial charge in [0.1, 0.15) is 0 Å². The Morgan fingerprint density at radius 3 is 2.67 bits per heavy atom. The van der Waals surface area contributed by atoms with Crippen molar-refractivity contribution < 1.29 is 0 Å². The number of nitrogens with one attached hydrogen (secondary N) is 1. The van der Waals surface area contributed by atoms with Crippen LogP contribution in [0.5, 0.6) is 0 Å². The van der Waals surface area contributed by atoms with Crippen LogP contribution in [0.2, 0.25) is 5.02 Å². The van der Waals surface area contributed by atoms with Crippen molar-refractivity contribution in [3.05, 3.63) is 34.9 Å². The molecule has 0 radical (unpaired) electrons. The summed E-state index contributed by atoms with van der Waals surface area (Å²) in [5.74, 6) is 0.826. The van der Waals surface area contributed by atoms with E-state index >= 15 is 0 Å². The molecule has 118 valence electrons. The molecule has 1 aromatic rings. The van der Waals surface area contributed by atoms with Gasteiger partial charge in [0.15, 0.2) is 0 Å². The summed E-state index contributed by atoms with van der Waals surface area (Å²) in [5.41, 5.74) is 1.35. The fraction of sp³-hybridized carbons (Fsp3) is 0.667. The minimum Gasteiger partial charge on any atom is -0.310 e. The van der Waals surface area contributed by atoms with Gasteiger partial charge < -0.3 is 10.2 Å². The number of likely N-dealkylation sites (tertiary alicyclic amines) is 1. The molecule has 2 nitrogen and oxygen atoms in total. The summed E-state index contributed by atoms with van der Waals surface area (Å²) in [6, 6.07) is 9.43. The van der Waals surface area contributed by atoms with E-state index in [2.05, 4.69) is 43.1 Å². The van der Waals surface area contributed by atoms with Crippen LogP contribution < -0.4 is 5.32 Å². The lowest BCUT2D eigenvalue weighted by atomic mass is 9.91. The second-order valence-corrected chi connectivity index (χ2v) is 6.78. The highest BCUT2D eigenvalue weighted by molar-refractivity contribution is 6.30. The van der Waals surface area contributed by atoms with Crippen molar-refractivity contribution in [1.29, 1.82) is 0 Å². The highest BCUT2D eigenvalue weighted by Gasteiger charge is 2.25. The SMILES string of the molecule is CCNC(CCN1CCCC(C)C1C)c1ccc(Cl)cc1. The second-order valence-electron chi connectivity index (χ2n) is 6.35. The van der Waals surface area contributed by atoms with E-state index in [0.29, 0.717) is 12.1 Å². The molecule has 0 saturated carbocycles. The highest BCUT2D eigenvalue weighted by atomic mass is 35.5. The average Bonchev–Trinajstić information content (AvgIpc) is 2.48. The van der Waals surface area contributed by atoms with Gasteiger partial charge in [-0.25, -0.2) is 0 Å². The lowest BCUT2D eigenvalue weighted by molar-refractivity contribution is 0.109. The van der Waals surface area contributed by atoms with Crippen LogP contribution in [0.3, 0.4) is 0 Å². The van der Waals surface area contributed by atoms with E-state index in [9.17, 15) is 0 Å². The molecule has 1 saturated heterocycles. The van der Waals surface area contributed by atoms with Crippen molar-refractivity contribution in [2.45, 2.75) is 52.1 Å². The molecular weight excluding hydrogens is 280 g/mol. The summed E-state index contributed by atoms with van der Waals surface area (Å²) in [6.07, 6.45) is 3.89. The molecular formula is C18H29ClN2. The summed E-state index contributed by atoms with van der Waals surface area (Å²) < 4.78 is 0. The Kier molecular flexibility index (Phi) is 6.53. The fourth-order valence-electron chi connectivity index (χ4n) is 3.36. The summed E-state index contributed by atoms with van der Waals surface area (Å²) >= 11 is 6.00. The predicted octanol–water partition coefficient (Wildman–Crippen LogP) is 4.50. The predicted molar refractivity (Wildman–Crippen MR) is 91.9 cm³/mol. The normalized spacial score (nSPS) is 25.0. The largest absolute Gasteiger partial charge is 0.310 e. The van der Waals surface area contributed by atoms with Gasteiger partial charge in [-0.05, 0) is 62.9 Å². The van der Waals surface area contributed by atoms with Gasteiger partial charge in [0.25, 0.3) is 0 Å². The Bertz CT molecular complexity index is 418. The van der Waals surface area contributed by atoms with Gasteiger partial charge >= 0.3 is 0 Å². The maximum atomic E-state index is 6.00. The van der Waals surface area contributed by atoms with Crippen LogP contribution in [0.15, 0.2) is 24.3 Å². The third-order valence-corrected chi connectivity index (χ3v) is 5.18. The monoisotopic (exact) mass is 308 g/mol. The number of nitrogens with zero attached hydrogens (tertiary/aromatic N) is 1. The van der Waals surface area contributed by atoms with E-state index in [-0.39, 0.29) is 0 Å². The zero-order chi connectivity index (χ0) is 15.2. The number of hydrogen-bond donors (Lipinski definition) is 1. The fourth-order valence-corrected chi connectivity index (χ4v) is 3.49.